The molecule has 0 spiro atoms. The molecule has 2 aliphatic heterocycles. The molecule has 2 heterocycles. The fraction of sp³-hybridized carbons (Fsp3) is 0.263. The lowest BCUT2D eigenvalue weighted by molar-refractivity contribution is 0.0616. The van der Waals surface area contributed by atoms with Crippen LogP contribution in [0.5, 0.6) is 0 Å². The van der Waals surface area contributed by atoms with E-state index in [9.17, 15) is 18.0 Å². The Hall–Kier alpha value is -2.51. The van der Waals surface area contributed by atoms with Gasteiger partial charge in [-0.25, -0.2) is 8.42 Å². The second kappa shape index (κ2) is 6.03. The summed E-state index contributed by atoms with van der Waals surface area (Å²) in [5, 5.41) is 0. The lowest BCUT2D eigenvalue weighted by Crippen LogP contribution is -2.46. The molecule has 2 aromatic rings. The zero-order chi connectivity index (χ0) is 18.5. The Morgan fingerprint density at radius 3 is 2.15 bits per heavy atom. The lowest BCUT2D eigenvalue weighted by atomic mass is 9.94. The van der Waals surface area contributed by atoms with Crippen molar-refractivity contribution in [2.45, 2.75) is 12.5 Å². The summed E-state index contributed by atoms with van der Waals surface area (Å²) in [5.74, 6) is -0.746. The van der Waals surface area contributed by atoms with Crippen molar-refractivity contribution in [2.75, 3.05) is 19.3 Å². The number of rotatable bonds is 3. The molecule has 0 aromatic heterocycles. The largest absolute Gasteiger partial charge is 0.272 e. The van der Waals surface area contributed by atoms with Crippen molar-refractivity contribution in [3.63, 3.8) is 0 Å². The summed E-state index contributed by atoms with van der Waals surface area (Å²) in [5.41, 5.74) is 2.63. The first-order valence-electron chi connectivity index (χ1n) is 8.38. The van der Waals surface area contributed by atoms with Gasteiger partial charge in [0.1, 0.15) is 0 Å². The molecule has 26 heavy (non-hydrogen) atoms. The molecule has 4 rings (SSSR count). The third-order valence-corrected chi connectivity index (χ3v) is 6.31. The monoisotopic (exact) mass is 370 g/mol. The average Bonchev–Trinajstić information content (AvgIpc) is 2.86. The first kappa shape index (κ1) is 16.9. The third kappa shape index (κ3) is 2.64. The summed E-state index contributed by atoms with van der Waals surface area (Å²) in [7, 11) is -3.48. The number of carbonyl (C=O) groups is 2. The Kier molecular flexibility index (Phi) is 3.93. The van der Waals surface area contributed by atoms with Crippen LogP contribution in [0.3, 0.4) is 0 Å². The van der Waals surface area contributed by atoms with E-state index in [4.69, 9.17) is 0 Å². The molecular formula is C19H18N2O4S. The Bertz CT molecular complexity index is 981. The van der Waals surface area contributed by atoms with E-state index in [1.54, 1.807) is 24.3 Å². The molecule has 6 nitrogen and oxygen atoms in total. The molecule has 7 heteroatoms. The number of carbonyl (C=O) groups excluding carboxylic acids is 2. The van der Waals surface area contributed by atoms with Gasteiger partial charge in [0.05, 0.1) is 30.0 Å². The molecule has 0 aliphatic carbocycles. The van der Waals surface area contributed by atoms with Crippen LogP contribution in [0.4, 0.5) is 0 Å². The van der Waals surface area contributed by atoms with Crippen LogP contribution in [-0.2, 0) is 16.4 Å². The summed E-state index contributed by atoms with van der Waals surface area (Å²) < 4.78 is 26.0. The van der Waals surface area contributed by atoms with Crippen molar-refractivity contribution in [1.29, 1.82) is 0 Å². The van der Waals surface area contributed by atoms with E-state index in [1.165, 1.54) is 4.31 Å². The highest BCUT2D eigenvalue weighted by Gasteiger charge is 2.41. The van der Waals surface area contributed by atoms with Gasteiger partial charge in [-0.1, -0.05) is 36.4 Å². The first-order valence-corrected chi connectivity index (χ1v) is 10.2. The molecule has 2 amide bonds. The summed E-state index contributed by atoms with van der Waals surface area (Å²) in [6, 6.07) is 13.7. The molecule has 2 aliphatic rings. The third-order valence-electron chi connectivity index (χ3n) is 5.02. The highest BCUT2D eigenvalue weighted by Crippen LogP contribution is 2.34. The van der Waals surface area contributed by atoms with Crippen LogP contribution in [0.25, 0.3) is 0 Å². The fourth-order valence-electron chi connectivity index (χ4n) is 3.79. The average molecular weight is 370 g/mol. The molecule has 1 atom stereocenters. The molecule has 0 saturated heterocycles. The van der Waals surface area contributed by atoms with Crippen LogP contribution in [0, 0.1) is 0 Å². The van der Waals surface area contributed by atoms with E-state index in [0.29, 0.717) is 24.1 Å². The van der Waals surface area contributed by atoms with Crippen molar-refractivity contribution in [3.05, 3.63) is 70.8 Å². The quantitative estimate of drug-likeness (QED) is 0.773. The van der Waals surface area contributed by atoms with Gasteiger partial charge in [-0.3, -0.25) is 14.5 Å². The van der Waals surface area contributed by atoms with Gasteiger partial charge >= 0.3 is 0 Å². The van der Waals surface area contributed by atoms with Crippen LogP contribution in [0.1, 0.15) is 37.9 Å². The highest BCUT2D eigenvalue weighted by atomic mass is 32.2. The first-order chi connectivity index (χ1) is 12.4. The number of hydrogen-bond acceptors (Lipinski definition) is 4. The van der Waals surface area contributed by atoms with E-state index < -0.39 is 16.1 Å². The van der Waals surface area contributed by atoms with Gasteiger partial charge < -0.3 is 0 Å². The summed E-state index contributed by atoms with van der Waals surface area (Å²) in [6.45, 7) is 0.347. The van der Waals surface area contributed by atoms with E-state index in [0.717, 1.165) is 22.3 Å². The number of fused-ring (bicyclic) bond motifs is 2. The smallest absolute Gasteiger partial charge is 0.261 e. The van der Waals surface area contributed by atoms with E-state index in [-0.39, 0.29) is 18.4 Å². The molecule has 2 aromatic carbocycles. The summed E-state index contributed by atoms with van der Waals surface area (Å²) in [6.07, 6.45) is 1.78. The van der Waals surface area contributed by atoms with Gasteiger partial charge in [0, 0.05) is 6.54 Å². The topological polar surface area (TPSA) is 74.8 Å². The maximum absolute atomic E-state index is 12.7. The predicted octanol–water partition coefficient (Wildman–Crippen LogP) is 1.84. The second-order valence-corrected chi connectivity index (χ2v) is 8.54. The SMILES string of the molecule is CS(=O)(=O)N1CCc2ccccc2[C@@H]1CN1C(=O)c2ccccc2C1=O. The Labute approximate surface area is 152 Å². The van der Waals surface area contributed by atoms with Crippen molar-refractivity contribution in [2.24, 2.45) is 0 Å². The van der Waals surface area contributed by atoms with Crippen LogP contribution >= 0.6 is 0 Å². The number of hydrogen-bond donors (Lipinski definition) is 0. The van der Waals surface area contributed by atoms with Gasteiger partial charge in [-0.05, 0) is 29.7 Å². The van der Waals surface area contributed by atoms with Gasteiger partial charge in [0.25, 0.3) is 11.8 Å². The summed E-state index contributed by atoms with van der Waals surface area (Å²) in [4.78, 5) is 26.5. The van der Waals surface area contributed by atoms with Crippen LogP contribution in [0.15, 0.2) is 48.5 Å². The minimum Gasteiger partial charge on any atom is -0.272 e. The number of imide groups is 1. The minimum absolute atomic E-state index is 0.0103. The van der Waals surface area contributed by atoms with Gasteiger partial charge in [-0.15, -0.1) is 0 Å². The number of nitrogens with zero attached hydrogens (tertiary/aromatic N) is 2. The van der Waals surface area contributed by atoms with Gasteiger partial charge in [-0.2, -0.15) is 4.31 Å². The second-order valence-electron chi connectivity index (χ2n) is 6.60. The lowest BCUT2D eigenvalue weighted by Gasteiger charge is -2.37. The van der Waals surface area contributed by atoms with E-state index in [2.05, 4.69) is 0 Å². The van der Waals surface area contributed by atoms with Crippen molar-refractivity contribution < 1.29 is 18.0 Å². The zero-order valence-electron chi connectivity index (χ0n) is 14.3. The van der Waals surface area contributed by atoms with E-state index in [1.807, 2.05) is 24.3 Å². The number of sulfonamides is 1. The maximum atomic E-state index is 12.7. The molecule has 0 unspecified atom stereocenters. The van der Waals surface area contributed by atoms with Crippen molar-refractivity contribution in [1.82, 2.24) is 9.21 Å². The van der Waals surface area contributed by atoms with Crippen LogP contribution in [-0.4, -0.2) is 48.8 Å². The van der Waals surface area contributed by atoms with Crippen molar-refractivity contribution >= 4 is 21.8 Å². The van der Waals surface area contributed by atoms with Gasteiger partial charge in [0.15, 0.2) is 0 Å². The fourth-order valence-corrected chi connectivity index (χ4v) is 4.86. The normalized spacial score (nSPS) is 20.2. The summed E-state index contributed by atoms with van der Waals surface area (Å²) >= 11 is 0. The molecule has 134 valence electrons. The number of amides is 2. The standard InChI is InChI=1S/C19H18N2O4S/c1-26(24,25)21-11-10-13-6-2-3-7-14(13)17(21)12-20-18(22)15-8-4-5-9-16(15)19(20)23/h2-9,17H,10-12H2,1H3/t17-/m0/s1. The highest BCUT2D eigenvalue weighted by molar-refractivity contribution is 7.88. The molecule has 0 bridgehead atoms. The Morgan fingerprint density at radius 2 is 1.54 bits per heavy atom. The minimum atomic E-state index is -3.48. The van der Waals surface area contributed by atoms with Crippen molar-refractivity contribution in [3.8, 4) is 0 Å². The zero-order valence-corrected chi connectivity index (χ0v) is 15.1. The molecular weight excluding hydrogens is 352 g/mol. The maximum Gasteiger partial charge on any atom is 0.261 e. The predicted molar refractivity (Wildman–Crippen MR) is 96.2 cm³/mol. The van der Waals surface area contributed by atoms with Crippen LogP contribution < -0.4 is 0 Å². The number of benzene rings is 2. The van der Waals surface area contributed by atoms with Crippen LogP contribution in [0.2, 0.25) is 0 Å². The van der Waals surface area contributed by atoms with E-state index >= 15 is 0 Å². The molecule has 0 fully saturated rings. The molecule has 0 radical (unpaired) electrons. The Balaban J connectivity index is 1.74. The molecule has 0 N–H and O–H groups in total. The molecule has 0 saturated carbocycles. The van der Waals surface area contributed by atoms with Gasteiger partial charge in [0.2, 0.25) is 10.0 Å². The Morgan fingerprint density at radius 1 is 0.962 bits per heavy atom.